The number of benzene rings is 1. The van der Waals surface area contributed by atoms with Gasteiger partial charge in [-0.05, 0) is 30.4 Å². The highest BCUT2D eigenvalue weighted by Crippen LogP contribution is 2.30. The maximum atomic E-state index is 13.1. The Labute approximate surface area is 177 Å². The van der Waals surface area contributed by atoms with Crippen LogP contribution in [0.2, 0.25) is 0 Å². The van der Waals surface area contributed by atoms with Crippen molar-refractivity contribution in [3.63, 3.8) is 0 Å². The molecular weight excluding hydrogens is 376 g/mol. The normalized spacial score (nSPS) is 27.3. The molecule has 2 saturated heterocycles. The molecule has 0 unspecified atom stereocenters. The predicted molar refractivity (Wildman–Crippen MR) is 116 cm³/mol. The van der Waals surface area contributed by atoms with Gasteiger partial charge in [-0.1, -0.05) is 56.4 Å². The molecule has 30 heavy (non-hydrogen) atoms. The number of nitrogens with one attached hydrogen (secondary N) is 2. The van der Waals surface area contributed by atoms with E-state index in [-0.39, 0.29) is 29.9 Å². The minimum atomic E-state index is -0.335. The first-order valence-electron chi connectivity index (χ1n) is 11.4. The van der Waals surface area contributed by atoms with E-state index in [9.17, 15) is 9.59 Å². The van der Waals surface area contributed by atoms with Gasteiger partial charge in [-0.2, -0.15) is 0 Å². The van der Waals surface area contributed by atoms with Crippen LogP contribution in [0.5, 0.6) is 0 Å². The van der Waals surface area contributed by atoms with Gasteiger partial charge >= 0.3 is 0 Å². The molecule has 1 aromatic heterocycles. The summed E-state index contributed by atoms with van der Waals surface area (Å²) in [6.07, 6.45) is 9.46. The van der Waals surface area contributed by atoms with E-state index in [4.69, 9.17) is 0 Å². The lowest BCUT2D eigenvalue weighted by Crippen LogP contribution is -2.61. The van der Waals surface area contributed by atoms with Gasteiger partial charge in [0.05, 0.1) is 5.52 Å². The van der Waals surface area contributed by atoms with E-state index in [1.807, 2.05) is 23.2 Å². The van der Waals surface area contributed by atoms with Crippen molar-refractivity contribution in [1.29, 1.82) is 0 Å². The molecule has 3 heterocycles. The number of fused-ring (bicyclic) bond motifs is 2. The van der Waals surface area contributed by atoms with Gasteiger partial charge in [0.25, 0.3) is 0 Å². The Bertz CT molecular complexity index is 934. The molecule has 1 aliphatic carbocycles. The number of carbonyl (C=O) groups is 2. The number of amides is 2. The van der Waals surface area contributed by atoms with Gasteiger partial charge in [0, 0.05) is 30.7 Å². The fraction of sp³-hybridized carbons (Fsp3) is 0.542. The first kappa shape index (κ1) is 19.5. The second-order valence-corrected chi connectivity index (χ2v) is 9.11. The third-order valence-corrected chi connectivity index (χ3v) is 7.09. The Morgan fingerprint density at radius 3 is 2.80 bits per heavy atom. The van der Waals surface area contributed by atoms with Crippen molar-refractivity contribution in [2.24, 2.45) is 5.92 Å². The number of nitrogens with zero attached hydrogens (tertiary/aromatic N) is 2. The molecule has 5 rings (SSSR count). The fourth-order valence-electron chi connectivity index (χ4n) is 5.49. The van der Waals surface area contributed by atoms with Crippen molar-refractivity contribution in [3.8, 4) is 0 Å². The smallest absolute Gasteiger partial charge is 0.245 e. The zero-order valence-corrected chi connectivity index (χ0v) is 17.3. The van der Waals surface area contributed by atoms with Crippen LogP contribution in [-0.4, -0.2) is 46.4 Å². The van der Waals surface area contributed by atoms with Crippen LogP contribution in [0.25, 0.3) is 10.9 Å². The molecule has 6 heteroatoms. The zero-order valence-electron chi connectivity index (χ0n) is 17.3. The van der Waals surface area contributed by atoms with Gasteiger partial charge in [0.1, 0.15) is 12.1 Å². The summed E-state index contributed by atoms with van der Waals surface area (Å²) >= 11 is 0. The Balaban J connectivity index is 1.23. The number of hydrogen-bond acceptors (Lipinski definition) is 4. The summed E-state index contributed by atoms with van der Waals surface area (Å²) in [5.74, 6) is 0.702. The Morgan fingerprint density at radius 2 is 1.93 bits per heavy atom. The highest BCUT2D eigenvalue weighted by Gasteiger charge is 2.46. The molecule has 3 atom stereocenters. The highest BCUT2D eigenvalue weighted by atomic mass is 16.2. The van der Waals surface area contributed by atoms with Crippen molar-refractivity contribution in [1.82, 2.24) is 20.5 Å². The number of aromatic nitrogens is 1. The van der Waals surface area contributed by atoms with Crippen LogP contribution in [0.1, 0.15) is 50.5 Å². The van der Waals surface area contributed by atoms with E-state index in [2.05, 4.69) is 33.8 Å². The summed E-state index contributed by atoms with van der Waals surface area (Å²) in [5, 5.41) is 7.73. The Kier molecular flexibility index (Phi) is 5.42. The monoisotopic (exact) mass is 406 g/mol. The third kappa shape index (κ3) is 3.81. The van der Waals surface area contributed by atoms with Crippen molar-refractivity contribution < 1.29 is 9.59 Å². The molecule has 0 bridgehead atoms. The van der Waals surface area contributed by atoms with Crippen LogP contribution in [0.4, 0.5) is 0 Å². The van der Waals surface area contributed by atoms with Crippen LogP contribution in [-0.2, 0) is 16.1 Å². The molecule has 2 aromatic rings. The van der Waals surface area contributed by atoms with Gasteiger partial charge in [-0.25, -0.2) is 0 Å². The standard InChI is InChI=1S/C24H30N4O2/c29-23-21-13-19(26-14-18-9-4-8-17-10-5-11-25-22(17)18)15-28(21)24(30)20(27-23)12-16-6-2-1-3-7-16/h4-5,8-11,16,19-21,26H,1-3,6-7,12-15H2,(H,27,29)/t19-,20-,21-/m0/s1. The molecule has 2 N–H and O–H groups in total. The number of hydrogen-bond donors (Lipinski definition) is 2. The molecule has 2 amide bonds. The number of rotatable bonds is 5. The predicted octanol–water partition coefficient (Wildman–Crippen LogP) is 2.76. The number of carbonyl (C=O) groups excluding carboxylic acids is 2. The van der Waals surface area contributed by atoms with Gasteiger partial charge in [-0.3, -0.25) is 14.6 Å². The zero-order chi connectivity index (χ0) is 20.5. The minimum Gasteiger partial charge on any atom is -0.342 e. The molecule has 3 aliphatic rings. The molecule has 6 nitrogen and oxygen atoms in total. The van der Waals surface area contributed by atoms with E-state index in [0.29, 0.717) is 25.4 Å². The molecular formula is C24H30N4O2. The lowest BCUT2D eigenvalue weighted by atomic mass is 9.84. The Hall–Kier alpha value is -2.47. The van der Waals surface area contributed by atoms with E-state index >= 15 is 0 Å². The minimum absolute atomic E-state index is 0.0199. The number of piperazine rings is 1. The van der Waals surface area contributed by atoms with Crippen LogP contribution < -0.4 is 10.6 Å². The fourth-order valence-corrected chi connectivity index (χ4v) is 5.49. The maximum absolute atomic E-state index is 13.1. The largest absolute Gasteiger partial charge is 0.342 e. The Morgan fingerprint density at radius 1 is 1.10 bits per heavy atom. The molecule has 3 fully saturated rings. The lowest BCUT2D eigenvalue weighted by Gasteiger charge is -2.36. The summed E-state index contributed by atoms with van der Waals surface area (Å²) in [6, 6.07) is 9.67. The number of para-hydroxylation sites is 1. The lowest BCUT2D eigenvalue weighted by molar-refractivity contribution is -0.147. The molecule has 2 aliphatic heterocycles. The summed E-state index contributed by atoms with van der Waals surface area (Å²) < 4.78 is 0. The van der Waals surface area contributed by atoms with Gasteiger partial charge in [0.15, 0.2) is 0 Å². The van der Waals surface area contributed by atoms with Crippen LogP contribution >= 0.6 is 0 Å². The summed E-state index contributed by atoms with van der Waals surface area (Å²) in [5.41, 5.74) is 2.15. The average Bonchev–Trinajstić information content (AvgIpc) is 3.22. The molecule has 158 valence electrons. The summed E-state index contributed by atoms with van der Waals surface area (Å²) in [4.78, 5) is 32.2. The third-order valence-electron chi connectivity index (χ3n) is 7.09. The van der Waals surface area contributed by atoms with Crippen LogP contribution in [0, 0.1) is 5.92 Å². The van der Waals surface area contributed by atoms with Gasteiger partial charge in [-0.15, -0.1) is 0 Å². The highest BCUT2D eigenvalue weighted by molar-refractivity contribution is 5.97. The first-order valence-corrected chi connectivity index (χ1v) is 11.4. The maximum Gasteiger partial charge on any atom is 0.245 e. The van der Waals surface area contributed by atoms with Crippen LogP contribution in [0.3, 0.4) is 0 Å². The van der Waals surface area contributed by atoms with Gasteiger partial charge in [0.2, 0.25) is 11.8 Å². The van der Waals surface area contributed by atoms with Crippen molar-refractivity contribution >= 4 is 22.7 Å². The molecule has 1 saturated carbocycles. The second kappa shape index (κ2) is 8.34. The van der Waals surface area contributed by atoms with Crippen LogP contribution in [0.15, 0.2) is 36.5 Å². The van der Waals surface area contributed by atoms with Crippen molar-refractivity contribution in [3.05, 3.63) is 42.1 Å². The van der Waals surface area contributed by atoms with E-state index in [0.717, 1.165) is 22.9 Å². The number of pyridine rings is 1. The molecule has 1 aromatic carbocycles. The van der Waals surface area contributed by atoms with Crippen molar-refractivity contribution in [2.75, 3.05) is 6.54 Å². The SMILES string of the molecule is O=C1N[C@@H](CC2CCCCC2)C(=O)N2C[C@@H](NCc3cccc4cccnc34)C[C@@H]12. The second-order valence-electron chi connectivity index (χ2n) is 9.11. The summed E-state index contributed by atoms with van der Waals surface area (Å²) in [7, 11) is 0. The molecule has 0 spiro atoms. The van der Waals surface area contributed by atoms with Crippen molar-refractivity contribution in [2.45, 2.75) is 69.6 Å². The quantitative estimate of drug-likeness (QED) is 0.801. The topological polar surface area (TPSA) is 74.3 Å². The first-order chi connectivity index (χ1) is 14.7. The van der Waals surface area contributed by atoms with E-state index in [1.165, 1.54) is 32.1 Å². The van der Waals surface area contributed by atoms with Gasteiger partial charge < -0.3 is 15.5 Å². The van der Waals surface area contributed by atoms with E-state index < -0.39 is 0 Å². The summed E-state index contributed by atoms with van der Waals surface area (Å²) in [6.45, 7) is 1.29. The van der Waals surface area contributed by atoms with E-state index in [1.54, 1.807) is 0 Å². The molecule has 0 radical (unpaired) electrons. The average molecular weight is 407 g/mol.